The average Bonchev–Trinajstić information content (AvgIpc) is 2.45. The van der Waals surface area contributed by atoms with Gasteiger partial charge in [0.1, 0.15) is 0 Å². The first-order valence-electron chi connectivity index (χ1n) is 6.49. The van der Waals surface area contributed by atoms with Crippen molar-refractivity contribution in [2.45, 2.75) is 31.5 Å². The molecule has 0 heterocycles. The second kappa shape index (κ2) is 8.74. The Balaban J connectivity index is 2.74. The maximum atomic E-state index is 11.5. The molecule has 0 bridgehead atoms. The highest BCUT2D eigenvalue weighted by Gasteiger charge is 2.09. The van der Waals surface area contributed by atoms with E-state index in [0.29, 0.717) is 24.8 Å². The smallest absolute Gasteiger partial charge is 0.310 e. The largest absolute Gasteiger partial charge is 0.469 e. The van der Waals surface area contributed by atoms with Gasteiger partial charge in [-0.05, 0) is 30.0 Å². The van der Waals surface area contributed by atoms with Crippen LogP contribution in [0.4, 0.5) is 0 Å². The molecule has 0 aliphatic rings. The molecule has 0 aromatic heterocycles. The zero-order valence-corrected chi connectivity index (χ0v) is 13.4. The third-order valence-electron chi connectivity index (χ3n) is 2.89. The molecule has 1 rings (SSSR count). The first-order chi connectivity index (χ1) is 9.60. The van der Waals surface area contributed by atoms with E-state index in [1.807, 2.05) is 18.2 Å². The number of carbonyl (C=O) groups is 2. The van der Waals surface area contributed by atoms with Gasteiger partial charge in [-0.15, -0.1) is 0 Å². The van der Waals surface area contributed by atoms with Crippen LogP contribution >= 0.6 is 15.9 Å². The number of halogens is 1. The van der Waals surface area contributed by atoms with Crippen molar-refractivity contribution < 1.29 is 19.1 Å². The SMILES string of the molecule is CCOC(=O)Cc1ccc(CCC(=O)OC)c(CBr)c1. The molecule has 0 aliphatic carbocycles. The Labute approximate surface area is 127 Å². The van der Waals surface area contributed by atoms with E-state index in [1.165, 1.54) is 7.11 Å². The highest BCUT2D eigenvalue weighted by atomic mass is 79.9. The van der Waals surface area contributed by atoms with Crippen molar-refractivity contribution in [2.75, 3.05) is 13.7 Å². The Kier molecular flexibility index (Phi) is 7.30. The molecule has 0 N–H and O–H groups in total. The van der Waals surface area contributed by atoms with Gasteiger partial charge in [-0.2, -0.15) is 0 Å². The van der Waals surface area contributed by atoms with Crippen LogP contribution in [0.5, 0.6) is 0 Å². The summed E-state index contributed by atoms with van der Waals surface area (Å²) in [6.07, 6.45) is 1.26. The lowest BCUT2D eigenvalue weighted by molar-refractivity contribution is -0.142. The summed E-state index contributed by atoms with van der Waals surface area (Å²) < 4.78 is 9.57. The predicted molar refractivity (Wildman–Crippen MR) is 79.7 cm³/mol. The molecule has 0 saturated carbocycles. The Morgan fingerprint density at radius 2 is 1.95 bits per heavy atom. The fourth-order valence-corrected chi connectivity index (χ4v) is 2.40. The number of ether oxygens (including phenoxy) is 2. The molecule has 20 heavy (non-hydrogen) atoms. The molecule has 0 saturated heterocycles. The van der Waals surface area contributed by atoms with E-state index in [0.717, 1.165) is 16.7 Å². The third kappa shape index (κ3) is 5.33. The zero-order chi connectivity index (χ0) is 15.0. The summed E-state index contributed by atoms with van der Waals surface area (Å²) in [5.41, 5.74) is 3.08. The van der Waals surface area contributed by atoms with Crippen molar-refractivity contribution in [2.24, 2.45) is 0 Å². The number of methoxy groups -OCH3 is 1. The lowest BCUT2D eigenvalue weighted by Gasteiger charge is -2.09. The van der Waals surface area contributed by atoms with Gasteiger partial charge in [0.15, 0.2) is 0 Å². The zero-order valence-electron chi connectivity index (χ0n) is 11.8. The Morgan fingerprint density at radius 1 is 1.20 bits per heavy atom. The van der Waals surface area contributed by atoms with Gasteiger partial charge in [0.2, 0.25) is 0 Å². The summed E-state index contributed by atoms with van der Waals surface area (Å²) in [6, 6.07) is 5.82. The van der Waals surface area contributed by atoms with Gasteiger partial charge in [0.25, 0.3) is 0 Å². The molecular formula is C15H19BrO4. The molecule has 1 aromatic carbocycles. The molecule has 0 aliphatic heterocycles. The first kappa shape index (κ1) is 16.7. The fourth-order valence-electron chi connectivity index (χ4n) is 1.87. The van der Waals surface area contributed by atoms with Crippen LogP contribution < -0.4 is 0 Å². The minimum absolute atomic E-state index is 0.221. The fraction of sp³-hybridized carbons (Fsp3) is 0.467. The van der Waals surface area contributed by atoms with E-state index in [-0.39, 0.29) is 18.4 Å². The summed E-state index contributed by atoms with van der Waals surface area (Å²) >= 11 is 3.43. The van der Waals surface area contributed by atoms with Crippen LogP contribution in [0.15, 0.2) is 18.2 Å². The minimum Gasteiger partial charge on any atom is -0.469 e. The molecule has 1 aromatic rings. The van der Waals surface area contributed by atoms with Gasteiger partial charge in [0, 0.05) is 11.8 Å². The molecule has 0 spiro atoms. The van der Waals surface area contributed by atoms with Crippen molar-refractivity contribution in [3.8, 4) is 0 Å². The van der Waals surface area contributed by atoms with Gasteiger partial charge in [0.05, 0.1) is 20.1 Å². The van der Waals surface area contributed by atoms with E-state index in [9.17, 15) is 9.59 Å². The summed E-state index contributed by atoms with van der Waals surface area (Å²) in [5, 5.41) is 0.681. The van der Waals surface area contributed by atoms with Crippen LogP contribution in [-0.2, 0) is 37.2 Å². The van der Waals surface area contributed by atoms with Crippen LogP contribution in [0.3, 0.4) is 0 Å². The standard InChI is InChI=1S/C15H19BrO4/c1-3-20-15(18)9-11-4-5-12(13(8-11)10-16)6-7-14(17)19-2/h4-5,8H,3,6-7,9-10H2,1-2H3. The maximum absolute atomic E-state index is 11.5. The number of aryl methyl sites for hydroxylation is 1. The van der Waals surface area contributed by atoms with Crippen molar-refractivity contribution in [3.05, 3.63) is 34.9 Å². The number of rotatable bonds is 7. The Morgan fingerprint density at radius 3 is 2.55 bits per heavy atom. The number of hydrogen-bond acceptors (Lipinski definition) is 4. The summed E-state index contributed by atoms with van der Waals surface area (Å²) in [5.74, 6) is -0.448. The second-order valence-corrected chi connectivity index (χ2v) is 4.86. The van der Waals surface area contributed by atoms with E-state index in [4.69, 9.17) is 4.74 Å². The first-order valence-corrected chi connectivity index (χ1v) is 7.62. The van der Waals surface area contributed by atoms with Gasteiger partial charge in [-0.25, -0.2) is 0 Å². The van der Waals surface area contributed by atoms with Gasteiger partial charge < -0.3 is 9.47 Å². The summed E-state index contributed by atoms with van der Waals surface area (Å²) in [7, 11) is 1.39. The molecule has 0 radical (unpaired) electrons. The molecule has 4 nitrogen and oxygen atoms in total. The monoisotopic (exact) mass is 342 g/mol. The third-order valence-corrected chi connectivity index (χ3v) is 3.50. The van der Waals surface area contributed by atoms with Crippen LogP contribution in [0.1, 0.15) is 30.0 Å². The molecule has 5 heteroatoms. The highest BCUT2D eigenvalue weighted by Crippen LogP contribution is 2.18. The minimum atomic E-state index is -0.227. The number of carbonyl (C=O) groups excluding carboxylic acids is 2. The van der Waals surface area contributed by atoms with E-state index in [1.54, 1.807) is 6.92 Å². The average molecular weight is 343 g/mol. The van der Waals surface area contributed by atoms with Gasteiger partial charge in [-0.3, -0.25) is 9.59 Å². The molecule has 0 amide bonds. The topological polar surface area (TPSA) is 52.6 Å². The lowest BCUT2D eigenvalue weighted by atomic mass is 10.00. The normalized spacial score (nSPS) is 10.2. The second-order valence-electron chi connectivity index (χ2n) is 4.29. The lowest BCUT2D eigenvalue weighted by Crippen LogP contribution is -2.08. The summed E-state index contributed by atoms with van der Waals surface area (Å²) in [6.45, 7) is 2.18. The van der Waals surface area contributed by atoms with Crippen molar-refractivity contribution >= 4 is 27.9 Å². The van der Waals surface area contributed by atoms with E-state index < -0.39 is 0 Å². The number of esters is 2. The van der Waals surface area contributed by atoms with Crippen molar-refractivity contribution in [3.63, 3.8) is 0 Å². The van der Waals surface area contributed by atoms with Crippen molar-refractivity contribution in [1.29, 1.82) is 0 Å². The maximum Gasteiger partial charge on any atom is 0.310 e. The van der Waals surface area contributed by atoms with Gasteiger partial charge in [-0.1, -0.05) is 34.1 Å². The quantitative estimate of drug-likeness (QED) is 0.564. The van der Waals surface area contributed by atoms with Crippen LogP contribution in [0.25, 0.3) is 0 Å². The molecule has 0 unspecified atom stereocenters. The van der Waals surface area contributed by atoms with Crippen molar-refractivity contribution in [1.82, 2.24) is 0 Å². The van der Waals surface area contributed by atoms with Crippen LogP contribution in [0.2, 0.25) is 0 Å². The number of hydrogen-bond donors (Lipinski definition) is 0. The Hall–Kier alpha value is -1.36. The van der Waals surface area contributed by atoms with Gasteiger partial charge >= 0.3 is 11.9 Å². The number of alkyl halides is 1. The molecular weight excluding hydrogens is 324 g/mol. The number of benzene rings is 1. The van der Waals surface area contributed by atoms with Crippen LogP contribution in [-0.4, -0.2) is 25.7 Å². The van der Waals surface area contributed by atoms with E-state index >= 15 is 0 Å². The summed E-state index contributed by atoms with van der Waals surface area (Å²) in [4.78, 5) is 22.6. The van der Waals surface area contributed by atoms with Crippen LogP contribution in [0, 0.1) is 0 Å². The predicted octanol–water partition coefficient (Wildman–Crippen LogP) is 2.79. The molecule has 0 atom stereocenters. The molecule has 0 fully saturated rings. The molecule has 110 valence electrons. The van der Waals surface area contributed by atoms with E-state index in [2.05, 4.69) is 20.7 Å². The highest BCUT2D eigenvalue weighted by molar-refractivity contribution is 9.08. The Bertz CT molecular complexity index is 471.